The predicted octanol–water partition coefficient (Wildman–Crippen LogP) is 4.16. The van der Waals surface area contributed by atoms with Crippen molar-refractivity contribution in [2.45, 2.75) is 25.4 Å². The molecule has 0 spiro atoms. The van der Waals surface area contributed by atoms with Gasteiger partial charge in [-0.1, -0.05) is 29.8 Å². The number of pyridine rings is 1. The number of hydrogen-bond acceptors (Lipinski definition) is 7. The van der Waals surface area contributed by atoms with E-state index in [9.17, 15) is 14.4 Å². The number of anilines is 1. The van der Waals surface area contributed by atoms with Crippen molar-refractivity contribution < 1.29 is 19.1 Å². The SMILES string of the molecule is COc1ccc(NC(=O)c2ccc(CN3C(=O)c4ccc(Cl)cc4CC(=O)[C@H]3Cc3ccccn3)cc2)nn1. The van der Waals surface area contributed by atoms with Crippen molar-refractivity contribution >= 4 is 35.0 Å². The lowest BCUT2D eigenvalue weighted by Gasteiger charge is -2.29. The van der Waals surface area contributed by atoms with Gasteiger partial charge in [0.25, 0.3) is 11.8 Å². The summed E-state index contributed by atoms with van der Waals surface area (Å²) in [4.78, 5) is 45.9. The van der Waals surface area contributed by atoms with Crippen molar-refractivity contribution in [1.29, 1.82) is 0 Å². The molecule has 4 aromatic rings. The number of nitrogens with one attached hydrogen (secondary N) is 1. The van der Waals surface area contributed by atoms with Crippen LogP contribution in [0.4, 0.5) is 5.82 Å². The summed E-state index contributed by atoms with van der Waals surface area (Å²) in [6, 6.07) is 19.8. The van der Waals surface area contributed by atoms with Crippen LogP contribution in [0, 0.1) is 0 Å². The Hall–Kier alpha value is -4.63. The molecule has 2 aromatic heterocycles. The number of amides is 2. The smallest absolute Gasteiger partial charge is 0.256 e. The molecule has 1 N–H and O–H groups in total. The van der Waals surface area contributed by atoms with Crippen molar-refractivity contribution in [3.8, 4) is 5.88 Å². The van der Waals surface area contributed by atoms with Gasteiger partial charge in [0, 0.05) is 53.5 Å². The maximum absolute atomic E-state index is 13.7. The van der Waals surface area contributed by atoms with Gasteiger partial charge in [-0.15, -0.1) is 10.2 Å². The van der Waals surface area contributed by atoms with Crippen LogP contribution in [0.2, 0.25) is 5.02 Å². The normalized spacial score (nSPS) is 14.9. The summed E-state index contributed by atoms with van der Waals surface area (Å²) in [6.45, 7) is 0.177. The van der Waals surface area contributed by atoms with E-state index in [0.717, 1.165) is 5.56 Å². The third-order valence-electron chi connectivity index (χ3n) is 6.46. The van der Waals surface area contributed by atoms with E-state index in [0.29, 0.717) is 33.3 Å². The third kappa shape index (κ3) is 5.94. The van der Waals surface area contributed by atoms with Crippen LogP contribution in [0.25, 0.3) is 0 Å². The lowest BCUT2D eigenvalue weighted by molar-refractivity contribution is -0.122. The van der Waals surface area contributed by atoms with E-state index in [1.807, 2.05) is 12.1 Å². The number of nitrogens with zero attached hydrogens (tertiary/aromatic N) is 4. The number of ether oxygens (including phenoxy) is 1. The lowest BCUT2D eigenvalue weighted by atomic mass is 9.99. The molecule has 2 aromatic carbocycles. The molecule has 196 valence electrons. The van der Waals surface area contributed by atoms with E-state index < -0.39 is 6.04 Å². The number of carbonyl (C=O) groups is 3. The Morgan fingerprint density at radius 3 is 2.56 bits per heavy atom. The summed E-state index contributed by atoms with van der Waals surface area (Å²) in [5.74, 6) is -0.0820. The fraction of sp³-hybridized carbons (Fsp3) is 0.172. The Morgan fingerprint density at radius 1 is 1.05 bits per heavy atom. The lowest BCUT2D eigenvalue weighted by Crippen LogP contribution is -2.44. The molecule has 0 fully saturated rings. The highest BCUT2D eigenvalue weighted by molar-refractivity contribution is 6.30. The molecule has 2 amide bonds. The first-order valence-corrected chi connectivity index (χ1v) is 12.6. The van der Waals surface area contributed by atoms with E-state index in [-0.39, 0.29) is 42.8 Å². The van der Waals surface area contributed by atoms with Crippen LogP contribution in [-0.4, -0.2) is 50.8 Å². The molecule has 5 rings (SSSR count). The second-order valence-corrected chi connectivity index (χ2v) is 9.47. The molecular formula is C29H24ClN5O4. The van der Waals surface area contributed by atoms with E-state index >= 15 is 0 Å². The summed E-state index contributed by atoms with van der Waals surface area (Å²) < 4.78 is 4.98. The Balaban J connectivity index is 1.39. The third-order valence-corrected chi connectivity index (χ3v) is 6.69. The zero-order valence-electron chi connectivity index (χ0n) is 21.0. The van der Waals surface area contributed by atoms with Crippen LogP contribution >= 0.6 is 11.6 Å². The molecule has 0 aliphatic carbocycles. The fourth-order valence-electron chi connectivity index (χ4n) is 4.46. The van der Waals surface area contributed by atoms with Crippen molar-refractivity contribution in [3.63, 3.8) is 0 Å². The number of benzene rings is 2. The molecule has 1 aliphatic rings. The molecule has 0 bridgehead atoms. The minimum Gasteiger partial charge on any atom is -0.480 e. The molecule has 1 atom stereocenters. The predicted molar refractivity (Wildman–Crippen MR) is 145 cm³/mol. The Labute approximate surface area is 229 Å². The van der Waals surface area contributed by atoms with Crippen LogP contribution in [-0.2, 0) is 24.2 Å². The maximum atomic E-state index is 13.7. The van der Waals surface area contributed by atoms with Gasteiger partial charge < -0.3 is 15.0 Å². The summed E-state index contributed by atoms with van der Waals surface area (Å²) in [5, 5.41) is 10.9. The topological polar surface area (TPSA) is 114 Å². The summed E-state index contributed by atoms with van der Waals surface area (Å²) in [5.41, 5.74) is 2.94. The molecule has 0 saturated carbocycles. The molecule has 39 heavy (non-hydrogen) atoms. The Kier molecular flexibility index (Phi) is 7.60. The zero-order chi connectivity index (χ0) is 27.4. The quantitative estimate of drug-likeness (QED) is 0.373. The van der Waals surface area contributed by atoms with Crippen LogP contribution in [0.3, 0.4) is 0 Å². The van der Waals surface area contributed by atoms with Crippen molar-refractivity contribution in [2.24, 2.45) is 0 Å². The van der Waals surface area contributed by atoms with Gasteiger partial charge in [0.2, 0.25) is 5.88 Å². The maximum Gasteiger partial charge on any atom is 0.256 e. The number of fused-ring (bicyclic) bond motifs is 1. The summed E-state index contributed by atoms with van der Waals surface area (Å²) >= 11 is 6.17. The molecule has 0 saturated heterocycles. The highest BCUT2D eigenvalue weighted by Gasteiger charge is 2.35. The van der Waals surface area contributed by atoms with Crippen LogP contribution in [0.15, 0.2) is 79.0 Å². The van der Waals surface area contributed by atoms with Gasteiger partial charge in [0.15, 0.2) is 11.6 Å². The number of rotatable bonds is 7. The summed E-state index contributed by atoms with van der Waals surface area (Å²) in [7, 11) is 1.48. The Morgan fingerprint density at radius 2 is 1.87 bits per heavy atom. The second kappa shape index (κ2) is 11.4. The Bertz CT molecular complexity index is 1510. The van der Waals surface area contributed by atoms with Gasteiger partial charge in [-0.3, -0.25) is 19.4 Å². The van der Waals surface area contributed by atoms with Crippen LogP contribution in [0.1, 0.15) is 37.5 Å². The molecule has 0 unspecified atom stereocenters. The highest BCUT2D eigenvalue weighted by Crippen LogP contribution is 2.27. The first kappa shape index (κ1) is 26.0. The summed E-state index contributed by atoms with van der Waals surface area (Å²) in [6.07, 6.45) is 2.05. The van der Waals surface area contributed by atoms with E-state index in [4.69, 9.17) is 16.3 Å². The molecular weight excluding hydrogens is 518 g/mol. The molecule has 10 heteroatoms. The number of Topliss-reactive ketones (excluding diaryl/α,β-unsaturated/α-hetero) is 1. The number of methoxy groups -OCH3 is 1. The first-order chi connectivity index (χ1) is 18.9. The van der Waals surface area contributed by atoms with E-state index in [2.05, 4.69) is 20.5 Å². The number of hydrogen-bond donors (Lipinski definition) is 1. The fourth-order valence-corrected chi connectivity index (χ4v) is 4.65. The van der Waals surface area contributed by atoms with Crippen LogP contribution < -0.4 is 10.1 Å². The largest absolute Gasteiger partial charge is 0.480 e. The minimum absolute atomic E-state index is 0.0911. The molecule has 0 radical (unpaired) electrons. The van der Waals surface area contributed by atoms with Gasteiger partial charge in [-0.2, -0.15) is 0 Å². The average Bonchev–Trinajstić information content (AvgIpc) is 3.04. The van der Waals surface area contributed by atoms with Crippen LogP contribution in [0.5, 0.6) is 5.88 Å². The monoisotopic (exact) mass is 541 g/mol. The number of ketones is 1. The van der Waals surface area contributed by atoms with Gasteiger partial charge >= 0.3 is 0 Å². The zero-order valence-corrected chi connectivity index (χ0v) is 21.8. The van der Waals surface area contributed by atoms with E-state index in [1.54, 1.807) is 71.8 Å². The van der Waals surface area contributed by atoms with Gasteiger partial charge in [0.05, 0.1) is 13.2 Å². The van der Waals surface area contributed by atoms with Gasteiger partial charge in [-0.05, 0) is 59.7 Å². The molecule has 3 heterocycles. The molecule has 1 aliphatic heterocycles. The number of halogens is 1. The van der Waals surface area contributed by atoms with Crippen molar-refractivity contribution in [1.82, 2.24) is 20.1 Å². The van der Waals surface area contributed by atoms with Gasteiger partial charge in [-0.25, -0.2) is 0 Å². The number of carbonyl (C=O) groups excluding carboxylic acids is 3. The van der Waals surface area contributed by atoms with Gasteiger partial charge in [0.1, 0.15) is 0 Å². The molecule has 9 nitrogen and oxygen atoms in total. The van der Waals surface area contributed by atoms with E-state index in [1.165, 1.54) is 7.11 Å². The number of aromatic nitrogens is 3. The average molecular weight is 542 g/mol. The highest BCUT2D eigenvalue weighted by atomic mass is 35.5. The van der Waals surface area contributed by atoms with Crippen molar-refractivity contribution in [3.05, 3.63) is 112 Å². The minimum atomic E-state index is -0.713. The first-order valence-electron chi connectivity index (χ1n) is 12.2. The second-order valence-electron chi connectivity index (χ2n) is 9.03. The van der Waals surface area contributed by atoms with Crippen molar-refractivity contribution in [2.75, 3.05) is 12.4 Å². The standard InChI is InChI=1S/C29H24ClN5O4/c1-39-27-12-11-26(33-34-27)32-28(37)19-7-5-18(6-8-19)17-35-24(16-22-4-2-3-13-31-22)25(36)15-20-14-21(30)9-10-23(20)29(35)38/h2-14,24H,15-17H2,1H3,(H,32,33,37)/t24-/m1/s1.